The van der Waals surface area contributed by atoms with E-state index in [0.29, 0.717) is 17.4 Å². The molecule has 2 N–H and O–H groups in total. The van der Waals surface area contributed by atoms with Crippen LogP contribution in [0.4, 0.5) is 20.6 Å². The summed E-state index contributed by atoms with van der Waals surface area (Å²) in [7, 11) is 0. The number of carbonyl (C=O) groups excluding carboxylic acids is 1. The van der Waals surface area contributed by atoms with Crippen molar-refractivity contribution in [1.29, 1.82) is 0 Å². The highest BCUT2D eigenvalue weighted by Crippen LogP contribution is 2.29. The molecule has 3 heterocycles. The Balaban J connectivity index is 1.39. The first-order valence-corrected chi connectivity index (χ1v) is 9.74. The number of hydrogen-bond donors (Lipinski definition) is 2. The average Bonchev–Trinajstić information content (AvgIpc) is 3.10. The van der Waals surface area contributed by atoms with Crippen molar-refractivity contribution in [2.24, 2.45) is 0 Å². The number of piperidine rings is 1. The third-order valence-corrected chi connectivity index (χ3v) is 5.80. The summed E-state index contributed by atoms with van der Waals surface area (Å²) in [6, 6.07) is 5.51. The summed E-state index contributed by atoms with van der Waals surface area (Å²) in [5.41, 5.74) is 1.04. The van der Waals surface area contributed by atoms with Gasteiger partial charge in [-0.25, -0.2) is 9.18 Å². The molecule has 3 aliphatic rings. The molecule has 3 fully saturated rings. The Morgan fingerprint density at radius 1 is 1.19 bits per heavy atom. The van der Waals surface area contributed by atoms with Gasteiger partial charge in [-0.2, -0.15) is 0 Å². The minimum atomic E-state index is -0.552. The number of aliphatic hydroxyl groups excluding tert-OH is 1. The molecule has 0 spiro atoms. The highest BCUT2D eigenvalue weighted by molar-refractivity contribution is 5.90. The maximum atomic E-state index is 14.8. The lowest BCUT2D eigenvalue weighted by molar-refractivity contribution is 0.0963. The fourth-order valence-corrected chi connectivity index (χ4v) is 4.25. The predicted molar refractivity (Wildman–Crippen MR) is 101 cm³/mol. The number of ether oxygens (including phenoxy) is 1. The van der Waals surface area contributed by atoms with Gasteiger partial charge in [0.05, 0.1) is 24.5 Å². The Kier molecular flexibility index (Phi) is 5.47. The number of cyclic esters (lactones) is 1. The van der Waals surface area contributed by atoms with Crippen LogP contribution in [0.15, 0.2) is 18.2 Å². The molecule has 4 rings (SSSR count). The zero-order valence-electron chi connectivity index (χ0n) is 15.4. The van der Waals surface area contributed by atoms with Gasteiger partial charge >= 0.3 is 6.09 Å². The van der Waals surface area contributed by atoms with E-state index in [0.717, 1.165) is 39.3 Å². The van der Waals surface area contributed by atoms with Crippen LogP contribution in [0.25, 0.3) is 0 Å². The molecule has 7 nitrogen and oxygen atoms in total. The zero-order chi connectivity index (χ0) is 18.8. The molecule has 148 valence electrons. The van der Waals surface area contributed by atoms with E-state index in [2.05, 4.69) is 15.1 Å². The number of aliphatic hydroxyl groups is 1. The van der Waals surface area contributed by atoms with Crippen molar-refractivity contribution in [3.05, 3.63) is 24.0 Å². The van der Waals surface area contributed by atoms with E-state index in [1.54, 1.807) is 12.1 Å². The van der Waals surface area contributed by atoms with Crippen molar-refractivity contribution in [2.45, 2.75) is 25.0 Å². The molecule has 0 radical (unpaired) electrons. The Bertz CT molecular complexity index is 675. The summed E-state index contributed by atoms with van der Waals surface area (Å²) in [6.07, 6.45) is 1.27. The van der Waals surface area contributed by atoms with Gasteiger partial charge in [-0.1, -0.05) is 0 Å². The normalized spacial score (nSPS) is 25.1. The Hall–Kier alpha value is -1.90. The van der Waals surface area contributed by atoms with Gasteiger partial charge in [0, 0.05) is 32.2 Å². The number of anilines is 2. The van der Waals surface area contributed by atoms with Gasteiger partial charge in [0.2, 0.25) is 0 Å². The molecule has 1 aromatic rings. The molecule has 1 amide bonds. The second-order valence-corrected chi connectivity index (χ2v) is 7.44. The number of hydrogen-bond acceptors (Lipinski definition) is 6. The molecular formula is C19H27FN4O3. The van der Waals surface area contributed by atoms with Crippen LogP contribution in [-0.4, -0.2) is 80.7 Å². The lowest BCUT2D eigenvalue weighted by Crippen LogP contribution is -2.53. The fourth-order valence-electron chi connectivity index (χ4n) is 4.25. The highest BCUT2D eigenvalue weighted by atomic mass is 19.1. The first kappa shape index (κ1) is 18.5. The summed E-state index contributed by atoms with van der Waals surface area (Å²) in [4.78, 5) is 17.8. The third kappa shape index (κ3) is 3.88. The van der Waals surface area contributed by atoms with E-state index in [-0.39, 0.29) is 19.0 Å². The molecule has 27 heavy (non-hydrogen) atoms. The molecule has 8 heteroatoms. The van der Waals surface area contributed by atoms with E-state index < -0.39 is 12.2 Å². The number of amides is 1. The van der Waals surface area contributed by atoms with Crippen LogP contribution in [0.1, 0.15) is 12.8 Å². The van der Waals surface area contributed by atoms with Crippen LogP contribution in [0.5, 0.6) is 0 Å². The van der Waals surface area contributed by atoms with Crippen LogP contribution in [0, 0.1) is 5.82 Å². The van der Waals surface area contributed by atoms with Gasteiger partial charge in [0.15, 0.2) is 0 Å². The van der Waals surface area contributed by atoms with Gasteiger partial charge in [-0.15, -0.1) is 0 Å². The molecule has 0 aromatic heterocycles. The van der Waals surface area contributed by atoms with E-state index in [9.17, 15) is 9.18 Å². The van der Waals surface area contributed by atoms with Gasteiger partial charge in [-0.3, -0.25) is 9.80 Å². The topological polar surface area (TPSA) is 68.3 Å². The molecule has 1 atom stereocenters. The van der Waals surface area contributed by atoms with Gasteiger partial charge < -0.3 is 20.1 Å². The molecule has 3 aliphatic heterocycles. The predicted octanol–water partition coefficient (Wildman–Crippen LogP) is 1.02. The van der Waals surface area contributed by atoms with Crippen LogP contribution >= 0.6 is 0 Å². The van der Waals surface area contributed by atoms with Crippen LogP contribution < -0.4 is 15.1 Å². The van der Waals surface area contributed by atoms with Crippen molar-refractivity contribution < 1.29 is 19.0 Å². The number of rotatable bonds is 4. The molecular weight excluding hydrogens is 351 g/mol. The fraction of sp³-hybridized carbons (Fsp3) is 0.632. The van der Waals surface area contributed by atoms with Crippen molar-refractivity contribution in [1.82, 2.24) is 10.2 Å². The molecule has 0 unspecified atom stereocenters. The van der Waals surface area contributed by atoms with E-state index in [1.807, 2.05) is 0 Å². The number of nitrogens with one attached hydrogen (secondary N) is 1. The second-order valence-electron chi connectivity index (χ2n) is 7.44. The smallest absolute Gasteiger partial charge is 0.414 e. The largest absolute Gasteiger partial charge is 0.441 e. The molecule has 0 saturated carbocycles. The average molecular weight is 378 g/mol. The number of nitrogens with zero attached hydrogens (tertiary/aromatic N) is 3. The van der Waals surface area contributed by atoms with Crippen molar-refractivity contribution in [2.75, 3.05) is 62.2 Å². The number of benzene rings is 1. The van der Waals surface area contributed by atoms with Crippen LogP contribution in [0.3, 0.4) is 0 Å². The number of halogens is 1. The summed E-state index contributed by atoms with van der Waals surface area (Å²) < 4.78 is 19.8. The van der Waals surface area contributed by atoms with Crippen molar-refractivity contribution >= 4 is 17.5 Å². The van der Waals surface area contributed by atoms with Crippen molar-refractivity contribution in [3.8, 4) is 0 Å². The maximum Gasteiger partial charge on any atom is 0.414 e. The van der Waals surface area contributed by atoms with E-state index in [1.165, 1.54) is 23.8 Å². The molecule has 0 aliphatic carbocycles. The quantitative estimate of drug-likeness (QED) is 0.815. The zero-order valence-corrected chi connectivity index (χ0v) is 15.4. The number of piperazine rings is 1. The van der Waals surface area contributed by atoms with E-state index >= 15 is 0 Å². The monoisotopic (exact) mass is 378 g/mol. The Labute approximate surface area is 158 Å². The van der Waals surface area contributed by atoms with Crippen LogP contribution in [0.2, 0.25) is 0 Å². The molecule has 0 bridgehead atoms. The second kappa shape index (κ2) is 8.00. The van der Waals surface area contributed by atoms with Gasteiger partial charge in [-0.05, 0) is 44.1 Å². The van der Waals surface area contributed by atoms with Gasteiger partial charge in [0.25, 0.3) is 0 Å². The Morgan fingerprint density at radius 2 is 1.93 bits per heavy atom. The standard InChI is InChI=1S/C19H27FN4O3/c20-17-11-15(24-12-16(13-25)27-19(24)26)1-2-18(17)23-9-7-22(8-10-23)14-3-5-21-6-4-14/h1-2,11,14,16,21,25H,3-10,12-13H2/t16-/m1/s1. The van der Waals surface area contributed by atoms with Crippen molar-refractivity contribution in [3.63, 3.8) is 0 Å². The summed E-state index contributed by atoms with van der Waals surface area (Å²) in [5, 5.41) is 12.5. The first-order chi connectivity index (χ1) is 13.2. The lowest BCUT2D eigenvalue weighted by atomic mass is 10.0. The highest BCUT2D eigenvalue weighted by Gasteiger charge is 2.32. The minimum absolute atomic E-state index is 0.232. The molecule has 1 aromatic carbocycles. The minimum Gasteiger partial charge on any atom is -0.441 e. The first-order valence-electron chi connectivity index (χ1n) is 9.74. The Morgan fingerprint density at radius 3 is 2.56 bits per heavy atom. The summed E-state index contributed by atoms with van der Waals surface area (Å²) in [6.45, 7) is 5.67. The summed E-state index contributed by atoms with van der Waals surface area (Å²) in [5.74, 6) is -0.330. The summed E-state index contributed by atoms with van der Waals surface area (Å²) >= 11 is 0. The molecule has 3 saturated heterocycles. The third-order valence-electron chi connectivity index (χ3n) is 5.80. The van der Waals surface area contributed by atoms with Crippen LogP contribution in [-0.2, 0) is 4.74 Å². The maximum absolute atomic E-state index is 14.8. The number of carbonyl (C=O) groups is 1. The SMILES string of the molecule is O=C1O[C@@H](CO)CN1c1ccc(N2CCN(C3CCNCC3)CC2)c(F)c1. The lowest BCUT2D eigenvalue weighted by Gasteiger charge is -2.41. The van der Waals surface area contributed by atoms with Gasteiger partial charge in [0.1, 0.15) is 11.9 Å². The van der Waals surface area contributed by atoms with E-state index in [4.69, 9.17) is 9.84 Å².